The second-order valence-corrected chi connectivity index (χ2v) is 5.01. The summed E-state index contributed by atoms with van der Waals surface area (Å²) in [6.07, 6.45) is 3.22. The van der Waals surface area contributed by atoms with Crippen LogP contribution in [0.5, 0.6) is 0 Å². The minimum Gasteiger partial charge on any atom is -0.460 e. The molecule has 2 rings (SSSR count). The first kappa shape index (κ1) is 13.7. The minimum atomic E-state index is -0.446. The summed E-state index contributed by atoms with van der Waals surface area (Å²) >= 11 is 1.62. The highest BCUT2D eigenvalue weighted by molar-refractivity contribution is 7.98. The number of benzene rings is 1. The summed E-state index contributed by atoms with van der Waals surface area (Å²) in [5.41, 5.74) is 2.19. The summed E-state index contributed by atoms with van der Waals surface area (Å²) in [4.78, 5) is 15.8. The SMILES string of the molecule is CSCCOC(=O)c1ncoc1-c1ccc(C)cc1. The Balaban J connectivity index is 2.17. The highest BCUT2D eigenvalue weighted by atomic mass is 32.2. The molecule has 0 amide bonds. The Kier molecular flexibility index (Phi) is 4.63. The number of aryl methyl sites for hydroxylation is 1. The highest BCUT2D eigenvalue weighted by Gasteiger charge is 2.19. The van der Waals surface area contributed by atoms with E-state index in [-0.39, 0.29) is 5.69 Å². The van der Waals surface area contributed by atoms with Crippen LogP contribution in [-0.4, -0.2) is 29.6 Å². The Morgan fingerprint density at radius 3 is 2.79 bits per heavy atom. The average molecular weight is 277 g/mol. The Morgan fingerprint density at radius 2 is 2.11 bits per heavy atom. The van der Waals surface area contributed by atoms with Crippen molar-refractivity contribution in [1.82, 2.24) is 4.98 Å². The van der Waals surface area contributed by atoms with E-state index >= 15 is 0 Å². The van der Waals surface area contributed by atoms with Crippen LogP contribution < -0.4 is 0 Å². The van der Waals surface area contributed by atoms with Gasteiger partial charge in [-0.05, 0) is 13.2 Å². The molecule has 0 unspecified atom stereocenters. The molecule has 0 radical (unpaired) electrons. The normalized spacial score (nSPS) is 10.4. The second-order valence-electron chi connectivity index (χ2n) is 4.02. The van der Waals surface area contributed by atoms with Crippen molar-refractivity contribution in [3.8, 4) is 11.3 Å². The summed E-state index contributed by atoms with van der Waals surface area (Å²) in [6, 6.07) is 7.71. The highest BCUT2D eigenvalue weighted by Crippen LogP contribution is 2.24. The maximum Gasteiger partial charge on any atom is 0.361 e. The Labute approximate surface area is 116 Å². The van der Waals surface area contributed by atoms with Gasteiger partial charge in [-0.15, -0.1) is 0 Å². The third-order valence-corrected chi connectivity index (χ3v) is 3.17. The second kappa shape index (κ2) is 6.43. The Morgan fingerprint density at radius 1 is 1.37 bits per heavy atom. The number of hydrogen-bond acceptors (Lipinski definition) is 5. The van der Waals surface area contributed by atoms with Gasteiger partial charge in [-0.1, -0.05) is 29.8 Å². The van der Waals surface area contributed by atoms with Gasteiger partial charge in [0.05, 0.1) is 0 Å². The molecule has 0 fully saturated rings. The Hall–Kier alpha value is -1.75. The van der Waals surface area contributed by atoms with Crippen LogP contribution >= 0.6 is 11.8 Å². The lowest BCUT2D eigenvalue weighted by Gasteiger charge is -2.03. The quantitative estimate of drug-likeness (QED) is 0.620. The van der Waals surface area contributed by atoms with Gasteiger partial charge >= 0.3 is 5.97 Å². The standard InChI is InChI=1S/C14H15NO3S/c1-10-3-5-11(6-4-10)13-12(15-9-18-13)14(16)17-7-8-19-2/h3-6,9H,7-8H2,1-2H3. The number of oxazole rings is 1. The molecule has 0 aliphatic carbocycles. The molecule has 2 aromatic rings. The van der Waals surface area contributed by atoms with E-state index in [1.54, 1.807) is 11.8 Å². The smallest absolute Gasteiger partial charge is 0.361 e. The number of nitrogens with zero attached hydrogens (tertiary/aromatic N) is 1. The van der Waals surface area contributed by atoms with Crippen molar-refractivity contribution in [2.45, 2.75) is 6.92 Å². The van der Waals surface area contributed by atoms with E-state index in [1.165, 1.54) is 6.39 Å². The molecule has 0 saturated heterocycles. The summed E-state index contributed by atoms with van der Waals surface area (Å²) < 4.78 is 10.4. The zero-order valence-electron chi connectivity index (χ0n) is 10.9. The largest absolute Gasteiger partial charge is 0.460 e. The lowest BCUT2D eigenvalue weighted by molar-refractivity contribution is 0.0524. The molecule has 1 aromatic heterocycles. The van der Waals surface area contributed by atoms with E-state index in [0.29, 0.717) is 12.4 Å². The summed E-state index contributed by atoms with van der Waals surface area (Å²) in [5, 5.41) is 0. The average Bonchev–Trinajstić information content (AvgIpc) is 2.89. The number of thioether (sulfide) groups is 1. The van der Waals surface area contributed by atoms with Crippen LogP contribution in [0.25, 0.3) is 11.3 Å². The molecule has 1 aromatic carbocycles. The van der Waals surface area contributed by atoms with Gasteiger partial charge in [0.25, 0.3) is 0 Å². The molecular weight excluding hydrogens is 262 g/mol. The molecule has 100 valence electrons. The molecule has 0 N–H and O–H groups in total. The van der Waals surface area contributed by atoms with Crippen LogP contribution in [0.1, 0.15) is 16.1 Å². The third-order valence-electron chi connectivity index (χ3n) is 2.60. The Bertz CT molecular complexity index is 548. The number of rotatable bonds is 5. The van der Waals surface area contributed by atoms with E-state index in [1.807, 2.05) is 37.4 Å². The zero-order chi connectivity index (χ0) is 13.7. The fraction of sp³-hybridized carbons (Fsp3) is 0.286. The van der Waals surface area contributed by atoms with E-state index in [2.05, 4.69) is 4.98 Å². The van der Waals surface area contributed by atoms with Gasteiger partial charge in [0, 0.05) is 11.3 Å². The lowest BCUT2D eigenvalue weighted by Crippen LogP contribution is -2.09. The number of carbonyl (C=O) groups excluding carboxylic acids is 1. The minimum absolute atomic E-state index is 0.227. The summed E-state index contributed by atoms with van der Waals surface area (Å²) in [7, 11) is 0. The maximum absolute atomic E-state index is 11.9. The van der Waals surface area contributed by atoms with Crippen LogP contribution in [0, 0.1) is 6.92 Å². The lowest BCUT2D eigenvalue weighted by atomic mass is 10.1. The molecule has 1 heterocycles. The number of esters is 1. The summed E-state index contributed by atoms with van der Waals surface area (Å²) in [5.74, 6) is 0.774. The van der Waals surface area contributed by atoms with Gasteiger partial charge in [-0.3, -0.25) is 0 Å². The van der Waals surface area contributed by atoms with Crippen LogP contribution in [0.2, 0.25) is 0 Å². The van der Waals surface area contributed by atoms with Crippen molar-refractivity contribution in [2.75, 3.05) is 18.6 Å². The number of carbonyl (C=O) groups is 1. The first-order valence-electron chi connectivity index (χ1n) is 5.89. The van der Waals surface area contributed by atoms with Crippen LogP contribution in [0.3, 0.4) is 0 Å². The van der Waals surface area contributed by atoms with Crippen molar-refractivity contribution in [3.63, 3.8) is 0 Å². The molecule has 0 spiro atoms. The first-order valence-corrected chi connectivity index (χ1v) is 7.28. The number of ether oxygens (including phenoxy) is 1. The van der Waals surface area contributed by atoms with Gasteiger partial charge in [0.15, 0.2) is 17.8 Å². The first-order chi connectivity index (χ1) is 9.22. The molecule has 0 saturated carbocycles. The van der Waals surface area contributed by atoms with E-state index in [4.69, 9.17) is 9.15 Å². The van der Waals surface area contributed by atoms with Crippen molar-refractivity contribution >= 4 is 17.7 Å². The number of hydrogen-bond donors (Lipinski definition) is 0. The van der Waals surface area contributed by atoms with Gasteiger partial charge in [-0.25, -0.2) is 9.78 Å². The number of aromatic nitrogens is 1. The van der Waals surface area contributed by atoms with Gasteiger partial charge in [0.1, 0.15) is 6.61 Å². The van der Waals surface area contributed by atoms with E-state index < -0.39 is 5.97 Å². The van der Waals surface area contributed by atoms with Crippen molar-refractivity contribution in [2.24, 2.45) is 0 Å². The van der Waals surface area contributed by atoms with Crippen molar-refractivity contribution < 1.29 is 13.9 Å². The molecule has 0 aliphatic rings. The van der Waals surface area contributed by atoms with Crippen LogP contribution in [-0.2, 0) is 4.74 Å². The monoisotopic (exact) mass is 277 g/mol. The van der Waals surface area contributed by atoms with Crippen molar-refractivity contribution in [3.05, 3.63) is 41.9 Å². The fourth-order valence-corrected chi connectivity index (χ4v) is 1.84. The molecule has 5 heteroatoms. The van der Waals surface area contributed by atoms with E-state index in [0.717, 1.165) is 16.9 Å². The molecule has 0 aliphatic heterocycles. The fourth-order valence-electron chi connectivity index (χ4n) is 1.59. The predicted octanol–water partition coefficient (Wildman–Crippen LogP) is 3.17. The molecule has 0 atom stereocenters. The molecule has 4 nitrogen and oxygen atoms in total. The summed E-state index contributed by atoms with van der Waals surface area (Å²) in [6.45, 7) is 2.38. The zero-order valence-corrected chi connectivity index (χ0v) is 11.7. The maximum atomic E-state index is 11.9. The van der Waals surface area contributed by atoms with Gasteiger partial charge in [0.2, 0.25) is 0 Å². The van der Waals surface area contributed by atoms with Crippen LogP contribution in [0.4, 0.5) is 0 Å². The predicted molar refractivity (Wildman–Crippen MR) is 75.3 cm³/mol. The van der Waals surface area contributed by atoms with E-state index in [9.17, 15) is 4.79 Å². The van der Waals surface area contributed by atoms with Crippen LogP contribution in [0.15, 0.2) is 35.1 Å². The molecule has 0 bridgehead atoms. The van der Waals surface area contributed by atoms with Crippen molar-refractivity contribution in [1.29, 1.82) is 0 Å². The third kappa shape index (κ3) is 3.38. The molecule has 19 heavy (non-hydrogen) atoms. The molecular formula is C14H15NO3S. The van der Waals surface area contributed by atoms with Gasteiger partial charge in [-0.2, -0.15) is 11.8 Å². The van der Waals surface area contributed by atoms with Gasteiger partial charge < -0.3 is 9.15 Å². The topological polar surface area (TPSA) is 52.3 Å².